The molecule has 0 unspecified atom stereocenters. The minimum Gasteiger partial charge on any atom is -0.495 e. The molecule has 1 saturated carbocycles. The number of halogens is 3. The zero-order chi connectivity index (χ0) is 25.7. The number of nitrogens with one attached hydrogen (secondary N) is 1. The summed E-state index contributed by atoms with van der Waals surface area (Å²) in [7, 11) is -2.55. The Labute approximate surface area is 203 Å². The summed E-state index contributed by atoms with van der Waals surface area (Å²) in [5.41, 5.74) is 1.14. The van der Waals surface area contributed by atoms with E-state index in [-0.39, 0.29) is 35.0 Å². The fourth-order valence-electron chi connectivity index (χ4n) is 4.39. The summed E-state index contributed by atoms with van der Waals surface area (Å²) < 4.78 is 78.0. The highest BCUT2D eigenvalue weighted by atomic mass is 32.2. The molecule has 5 rings (SSSR count). The van der Waals surface area contributed by atoms with Gasteiger partial charge in [0.15, 0.2) is 5.82 Å². The fraction of sp³-hybridized carbons (Fsp3) is 0.250. The van der Waals surface area contributed by atoms with Gasteiger partial charge in [-0.2, -0.15) is 13.2 Å². The molecule has 4 aromatic rings. The van der Waals surface area contributed by atoms with E-state index in [9.17, 15) is 26.4 Å². The Bertz CT molecular complexity index is 1590. The molecule has 0 aliphatic heterocycles. The van der Waals surface area contributed by atoms with Crippen molar-refractivity contribution < 1.29 is 30.8 Å². The van der Waals surface area contributed by atoms with Crippen LogP contribution >= 0.6 is 0 Å². The van der Waals surface area contributed by atoms with Crippen molar-refractivity contribution in [1.82, 2.24) is 9.72 Å². The molecule has 2 aromatic heterocycles. The molecule has 2 aromatic carbocycles. The lowest BCUT2D eigenvalue weighted by Gasteiger charge is -2.37. The summed E-state index contributed by atoms with van der Waals surface area (Å²) >= 11 is 0. The Kier molecular flexibility index (Phi) is 5.78. The quantitative estimate of drug-likeness (QED) is 0.391. The van der Waals surface area contributed by atoms with Gasteiger partial charge in [-0.15, -0.1) is 0 Å². The second kappa shape index (κ2) is 8.70. The van der Waals surface area contributed by atoms with Gasteiger partial charge in [-0.25, -0.2) is 8.42 Å². The van der Waals surface area contributed by atoms with E-state index in [1.165, 1.54) is 54.3 Å². The molecular formula is C24H20F3N3O5S. The largest absolute Gasteiger partial charge is 0.495 e. The number of pyridine rings is 1. The molecule has 1 aliphatic carbocycles. The zero-order valence-electron chi connectivity index (χ0n) is 18.8. The fourth-order valence-corrected chi connectivity index (χ4v) is 5.42. The van der Waals surface area contributed by atoms with Crippen LogP contribution in [0.15, 0.2) is 75.1 Å². The second-order valence-corrected chi connectivity index (χ2v) is 10.2. The minimum absolute atomic E-state index is 0.0137. The summed E-state index contributed by atoms with van der Waals surface area (Å²) in [6.07, 6.45) is -2.94. The lowest BCUT2D eigenvalue weighted by molar-refractivity contribution is -0.197. The molecule has 0 bridgehead atoms. The van der Waals surface area contributed by atoms with Crippen LogP contribution < -0.4 is 15.0 Å². The van der Waals surface area contributed by atoms with Crippen molar-refractivity contribution in [3.8, 4) is 11.4 Å². The molecule has 0 radical (unpaired) electrons. The van der Waals surface area contributed by atoms with Crippen LogP contribution in [0.3, 0.4) is 0 Å². The van der Waals surface area contributed by atoms with Gasteiger partial charge in [0.2, 0.25) is 0 Å². The molecule has 2 heterocycles. The Balaban J connectivity index is 1.51. The van der Waals surface area contributed by atoms with Gasteiger partial charge in [-0.3, -0.25) is 14.1 Å². The summed E-state index contributed by atoms with van der Waals surface area (Å²) in [5.74, 6) is -1.20. The smallest absolute Gasteiger partial charge is 0.391 e. The number of ether oxygens (including phenoxy) is 1. The van der Waals surface area contributed by atoms with Gasteiger partial charge in [0.25, 0.3) is 15.6 Å². The average molecular weight is 520 g/mol. The normalized spacial score (nSPS) is 18.1. The van der Waals surface area contributed by atoms with Crippen LogP contribution in [0.1, 0.15) is 24.3 Å². The van der Waals surface area contributed by atoms with Crippen molar-refractivity contribution >= 4 is 26.7 Å². The number of methoxy groups -OCH3 is 1. The molecule has 36 heavy (non-hydrogen) atoms. The van der Waals surface area contributed by atoms with Crippen LogP contribution in [-0.2, 0) is 10.0 Å². The van der Waals surface area contributed by atoms with E-state index in [0.29, 0.717) is 27.9 Å². The number of sulfonamides is 1. The van der Waals surface area contributed by atoms with E-state index in [1.807, 2.05) is 0 Å². The number of benzene rings is 2. The molecule has 1 aliphatic rings. The van der Waals surface area contributed by atoms with Crippen molar-refractivity contribution in [3.63, 3.8) is 0 Å². The molecule has 1 fully saturated rings. The maximum absolute atomic E-state index is 12.9. The van der Waals surface area contributed by atoms with Crippen LogP contribution in [0.25, 0.3) is 16.6 Å². The first-order chi connectivity index (χ1) is 17.1. The Morgan fingerprint density at radius 2 is 1.86 bits per heavy atom. The highest BCUT2D eigenvalue weighted by Crippen LogP contribution is 2.50. The van der Waals surface area contributed by atoms with E-state index in [4.69, 9.17) is 4.74 Å². The number of rotatable bonds is 6. The Morgan fingerprint density at radius 1 is 1.08 bits per heavy atom. The predicted molar refractivity (Wildman–Crippen MR) is 125 cm³/mol. The first-order valence-corrected chi connectivity index (χ1v) is 12.4. The topological polar surface area (TPSA) is 103 Å². The molecular weight excluding hydrogens is 499 g/mol. The van der Waals surface area contributed by atoms with Crippen LogP contribution in [0.5, 0.6) is 5.75 Å². The highest BCUT2D eigenvalue weighted by Gasteiger charge is 2.48. The van der Waals surface area contributed by atoms with E-state index in [0.717, 1.165) is 0 Å². The van der Waals surface area contributed by atoms with Gasteiger partial charge in [-0.05, 0) is 60.7 Å². The third-order valence-corrected chi connectivity index (χ3v) is 7.72. The highest BCUT2D eigenvalue weighted by molar-refractivity contribution is 7.92. The number of fused-ring (bicyclic) bond motifs is 1. The molecule has 188 valence electrons. The van der Waals surface area contributed by atoms with Crippen LogP contribution in [-0.4, -0.2) is 31.4 Å². The number of anilines is 1. The summed E-state index contributed by atoms with van der Waals surface area (Å²) in [6, 6.07) is 13.4. The van der Waals surface area contributed by atoms with Crippen LogP contribution in [0.2, 0.25) is 0 Å². The van der Waals surface area contributed by atoms with Crippen molar-refractivity contribution in [3.05, 3.63) is 76.8 Å². The van der Waals surface area contributed by atoms with Gasteiger partial charge in [0.05, 0.1) is 29.1 Å². The monoisotopic (exact) mass is 519 g/mol. The van der Waals surface area contributed by atoms with Gasteiger partial charge < -0.3 is 9.26 Å². The van der Waals surface area contributed by atoms with E-state index >= 15 is 0 Å². The first kappa shape index (κ1) is 23.9. The average Bonchev–Trinajstić information content (AvgIpc) is 3.29. The SMILES string of the molecule is COc1cc([C@H]2C[C@H](C(F)(F)F)C2)ccc1-n1c(=O)ccc2cc(S(=O)(=O)Nc3ccon3)ccc21. The van der Waals surface area contributed by atoms with Crippen molar-refractivity contribution in [2.24, 2.45) is 5.92 Å². The maximum atomic E-state index is 12.9. The van der Waals surface area contributed by atoms with Gasteiger partial charge in [0.1, 0.15) is 12.0 Å². The van der Waals surface area contributed by atoms with Crippen molar-refractivity contribution in [2.75, 3.05) is 11.8 Å². The number of aromatic nitrogens is 2. The van der Waals surface area contributed by atoms with E-state index < -0.39 is 22.1 Å². The Hall–Kier alpha value is -3.80. The molecule has 0 amide bonds. The van der Waals surface area contributed by atoms with Crippen LogP contribution in [0, 0.1) is 5.92 Å². The first-order valence-electron chi connectivity index (χ1n) is 10.9. The van der Waals surface area contributed by atoms with Gasteiger partial charge >= 0.3 is 6.18 Å². The van der Waals surface area contributed by atoms with Crippen LogP contribution in [0.4, 0.5) is 19.0 Å². The lowest BCUT2D eigenvalue weighted by Crippen LogP contribution is -2.34. The molecule has 8 nitrogen and oxygen atoms in total. The number of nitrogens with zero attached hydrogens (tertiary/aromatic N) is 2. The van der Waals surface area contributed by atoms with Gasteiger partial charge in [-0.1, -0.05) is 11.2 Å². The molecule has 0 saturated heterocycles. The lowest BCUT2D eigenvalue weighted by atomic mass is 9.71. The van der Waals surface area contributed by atoms with Crippen molar-refractivity contribution in [1.29, 1.82) is 0 Å². The summed E-state index contributed by atoms with van der Waals surface area (Å²) in [5, 5.41) is 4.01. The molecule has 12 heteroatoms. The zero-order valence-corrected chi connectivity index (χ0v) is 19.6. The summed E-state index contributed by atoms with van der Waals surface area (Å²) in [6.45, 7) is 0. The maximum Gasteiger partial charge on any atom is 0.391 e. The van der Waals surface area contributed by atoms with Crippen molar-refractivity contribution in [2.45, 2.75) is 29.8 Å². The summed E-state index contributed by atoms with van der Waals surface area (Å²) in [4.78, 5) is 12.8. The molecule has 0 atom stereocenters. The Morgan fingerprint density at radius 3 is 2.53 bits per heavy atom. The van der Waals surface area contributed by atoms with E-state index in [2.05, 4.69) is 14.4 Å². The minimum atomic E-state index is -4.20. The second-order valence-electron chi connectivity index (χ2n) is 8.56. The standard InChI is InChI=1S/C24H20F3N3O5S/c1-34-21-13-14(16-10-17(11-16)24(25,26)27)2-5-20(21)30-19-6-4-18(12-15(19)3-7-23(30)31)36(32,33)29-22-8-9-35-28-22/h2-9,12-13,16-17H,10-11H2,1H3,(H,28,29)/t16-,17-. The molecule has 1 N–H and O–H groups in total. The van der Waals surface area contributed by atoms with E-state index in [1.54, 1.807) is 18.2 Å². The molecule has 0 spiro atoms. The van der Waals surface area contributed by atoms with Gasteiger partial charge in [0, 0.05) is 17.5 Å². The predicted octanol–water partition coefficient (Wildman–Crippen LogP) is 4.84. The number of hydrogen-bond donors (Lipinski definition) is 1. The third kappa shape index (κ3) is 4.32. The number of hydrogen-bond acceptors (Lipinski definition) is 6. The third-order valence-electron chi connectivity index (χ3n) is 6.37. The number of alkyl halides is 3.